The zero-order valence-electron chi connectivity index (χ0n) is 16.4. The van der Waals surface area contributed by atoms with Crippen molar-refractivity contribution in [2.75, 3.05) is 4.72 Å². The van der Waals surface area contributed by atoms with Crippen molar-refractivity contribution >= 4 is 21.6 Å². The lowest BCUT2D eigenvalue weighted by molar-refractivity contribution is 0.0940. The van der Waals surface area contributed by atoms with E-state index in [9.17, 15) is 13.2 Å². The number of anilines is 1. The van der Waals surface area contributed by atoms with Gasteiger partial charge in [0.15, 0.2) is 0 Å². The molecule has 0 saturated heterocycles. The van der Waals surface area contributed by atoms with Gasteiger partial charge in [-0.05, 0) is 60.9 Å². The maximum absolute atomic E-state index is 12.5. The highest BCUT2D eigenvalue weighted by Gasteiger charge is 2.15. The van der Waals surface area contributed by atoms with Crippen LogP contribution >= 0.6 is 0 Å². The molecule has 0 fully saturated rings. The van der Waals surface area contributed by atoms with Crippen molar-refractivity contribution in [3.63, 3.8) is 0 Å². The normalized spacial score (nSPS) is 12.2. The number of hydrogen-bond acceptors (Lipinski definition) is 3. The van der Waals surface area contributed by atoms with Gasteiger partial charge in [-0.15, -0.1) is 0 Å². The molecule has 150 valence electrons. The number of carbonyl (C=O) groups excluding carboxylic acids is 1. The van der Waals surface area contributed by atoms with Gasteiger partial charge in [0.05, 0.1) is 10.9 Å². The van der Waals surface area contributed by atoms with E-state index in [-0.39, 0.29) is 16.8 Å². The molecule has 29 heavy (non-hydrogen) atoms. The standard InChI is InChI=1S/C23H24N2O3S/c1-3-18-9-11-19(12-10-18)17(2)24-23(26)20-13-15-21(16-14-20)25-29(27,28)22-7-5-4-6-8-22/h4-17,25H,3H2,1-2H3,(H,24,26)/t17-/m0/s1. The first-order valence-electron chi connectivity index (χ1n) is 9.46. The third kappa shape index (κ3) is 5.23. The van der Waals surface area contributed by atoms with Crippen LogP contribution in [0.15, 0.2) is 83.8 Å². The van der Waals surface area contributed by atoms with Crippen LogP contribution < -0.4 is 10.0 Å². The molecule has 0 aliphatic carbocycles. The van der Waals surface area contributed by atoms with Crippen molar-refractivity contribution in [3.05, 3.63) is 95.6 Å². The number of rotatable bonds is 7. The average Bonchev–Trinajstić information content (AvgIpc) is 2.74. The fourth-order valence-corrected chi connectivity index (χ4v) is 3.99. The number of sulfonamides is 1. The van der Waals surface area contributed by atoms with Gasteiger partial charge in [0.2, 0.25) is 0 Å². The lowest BCUT2D eigenvalue weighted by Gasteiger charge is -2.15. The summed E-state index contributed by atoms with van der Waals surface area (Å²) in [6, 6.07) is 22.5. The molecular formula is C23H24N2O3S. The Kier molecular flexibility index (Phi) is 6.34. The average molecular weight is 409 g/mol. The number of amides is 1. The summed E-state index contributed by atoms with van der Waals surface area (Å²) < 4.78 is 27.3. The molecule has 0 aliphatic rings. The molecule has 2 N–H and O–H groups in total. The summed E-state index contributed by atoms with van der Waals surface area (Å²) in [5.74, 6) is -0.213. The Labute approximate surface area is 171 Å². The molecule has 6 heteroatoms. The van der Waals surface area contributed by atoms with Crippen molar-refractivity contribution < 1.29 is 13.2 Å². The first-order valence-corrected chi connectivity index (χ1v) is 10.9. The Hall–Kier alpha value is -3.12. The Morgan fingerprint density at radius 1 is 0.897 bits per heavy atom. The van der Waals surface area contributed by atoms with Crippen molar-refractivity contribution in [1.82, 2.24) is 5.32 Å². The van der Waals surface area contributed by atoms with E-state index in [0.717, 1.165) is 12.0 Å². The van der Waals surface area contributed by atoms with E-state index in [1.54, 1.807) is 42.5 Å². The van der Waals surface area contributed by atoms with E-state index in [1.165, 1.54) is 17.7 Å². The highest BCUT2D eigenvalue weighted by Crippen LogP contribution is 2.18. The quantitative estimate of drug-likeness (QED) is 0.603. The number of benzene rings is 3. The Bertz CT molecular complexity index is 1060. The summed E-state index contributed by atoms with van der Waals surface area (Å²) in [6.07, 6.45) is 0.974. The van der Waals surface area contributed by atoms with Crippen molar-refractivity contribution in [2.24, 2.45) is 0 Å². The summed E-state index contributed by atoms with van der Waals surface area (Å²) >= 11 is 0. The van der Waals surface area contributed by atoms with Gasteiger partial charge in [0, 0.05) is 11.3 Å². The summed E-state index contributed by atoms with van der Waals surface area (Å²) in [7, 11) is -3.66. The Morgan fingerprint density at radius 2 is 1.52 bits per heavy atom. The minimum absolute atomic E-state index is 0.135. The zero-order valence-corrected chi connectivity index (χ0v) is 17.2. The molecular weight excluding hydrogens is 384 g/mol. The third-order valence-corrected chi connectivity index (χ3v) is 6.09. The summed E-state index contributed by atoms with van der Waals surface area (Å²) in [4.78, 5) is 12.7. The summed E-state index contributed by atoms with van der Waals surface area (Å²) in [6.45, 7) is 4.03. The smallest absolute Gasteiger partial charge is 0.261 e. The monoisotopic (exact) mass is 408 g/mol. The van der Waals surface area contributed by atoms with E-state index < -0.39 is 10.0 Å². The van der Waals surface area contributed by atoms with Crippen LogP contribution in [0.5, 0.6) is 0 Å². The predicted octanol–water partition coefficient (Wildman–Crippen LogP) is 4.54. The van der Waals surface area contributed by atoms with Gasteiger partial charge in [-0.1, -0.05) is 49.4 Å². The van der Waals surface area contributed by atoms with Crippen LogP contribution in [-0.4, -0.2) is 14.3 Å². The highest BCUT2D eigenvalue weighted by atomic mass is 32.2. The maximum Gasteiger partial charge on any atom is 0.261 e. The van der Waals surface area contributed by atoms with Crippen molar-refractivity contribution in [2.45, 2.75) is 31.2 Å². The fourth-order valence-electron chi connectivity index (χ4n) is 2.91. The Morgan fingerprint density at radius 3 is 2.10 bits per heavy atom. The lowest BCUT2D eigenvalue weighted by atomic mass is 10.0. The molecule has 0 aliphatic heterocycles. The van der Waals surface area contributed by atoms with Gasteiger partial charge in [0.1, 0.15) is 0 Å². The molecule has 1 amide bonds. The van der Waals surface area contributed by atoms with Crippen LogP contribution in [0.3, 0.4) is 0 Å². The van der Waals surface area contributed by atoms with Gasteiger partial charge in [-0.2, -0.15) is 0 Å². The Balaban J connectivity index is 1.65. The van der Waals surface area contributed by atoms with E-state index in [0.29, 0.717) is 11.3 Å². The van der Waals surface area contributed by atoms with Gasteiger partial charge >= 0.3 is 0 Å². The van der Waals surface area contributed by atoms with Gasteiger partial charge < -0.3 is 5.32 Å². The molecule has 0 heterocycles. The maximum atomic E-state index is 12.5. The van der Waals surface area contributed by atoms with Gasteiger partial charge in [-0.3, -0.25) is 9.52 Å². The molecule has 0 radical (unpaired) electrons. The second-order valence-electron chi connectivity index (χ2n) is 6.79. The highest BCUT2D eigenvalue weighted by molar-refractivity contribution is 7.92. The molecule has 0 spiro atoms. The molecule has 0 unspecified atom stereocenters. The third-order valence-electron chi connectivity index (χ3n) is 4.69. The number of carbonyl (C=O) groups is 1. The number of nitrogens with one attached hydrogen (secondary N) is 2. The second-order valence-corrected chi connectivity index (χ2v) is 8.47. The SMILES string of the molecule is CCc1ccc([C@H](C)NC(=O)c2ccc(NS(=O)(=O)c3ccccc3)cc2)cc1. The van der Waals surface area contributed by atoms with Crippen LogP contribution in [0.1, 0.15) is 41.4 Å². The number of aryl methyl sites for hydroxylation is 1. The van der Waals surface area contributed by atoms with Crippen molar-refractivity contribution in [3.8, 4) is 0 Å². The lowest BCUT2D eigenvalue weighted by Crippen LogP contribution is -2.26. The van der Waals surface area contributed by atoms with Crippen LogP contribution in [-0.2, 0) is 16.4 Å². The molecule has 3 aromatic carbocycles. The van der Waals surface area contributed by atoms with E-state index in [1.807, 2.05) is 19.1 Å². The fraction of sp³-hybridized carbons (Fsp3) is 0.174. The summed E-state index contributed by atoms with van der Waals surface area (Å²) in [5, 5.41) is 2.97. The minimum atomic E-state index is -3.66. The second kappa shape index (κ2) is 8.92. The molecule has 1 atom stereocenters. The van der Waals surface area contributed by atoms with E-state index >= 15 is 0 Å². The first-order chi connectivity index (χ1) is 13.9. The van der Waals surface area contributed by atoms with Crippen LogP contribution in [0.2, 0.25) is 0 Å². The first kappa shape index (κ1) is 20.6. The van der Waals surface area contributed by atoms with Crippen LogP contribution in [0, 0.1) is 0 Å². The predicted molar refractivity (Wildman–Crippen MR) is 115 cm³/mol. The van der Waals surface area contributed by atoms with Crippen LogP contribution in [0.4, 0.5) is 5.69 Å². The topological polar surface area (TPSA) is 75.3 Å². The minimum Gasteiger partial charge on any atom is -0.346 e. The van der Waals surface area contributed by atoms with E-state index in [2.05, 4.69) is 29.1 Å². The van der Waals surface area contributed by atoms with Gasteiger partial charge in [-0.25, -0.2) is 8.42 Å². The molecule has 0 bridgehead atoms. The molecule has 3 rings (SSSR count). The molecule has 0 saturated carbocycles. The summed E-state index contributed by atoms with van der Waals surface area (Å²) in [5.41, 5.74) is 3.14. The largest absolute Gasteiger partial charge is 0.346 e. The van der Waals surface area contributed by atoms with Crippen LogP contribution in [0.25, 0.3) is 0 Å². The van der Waals surface area contributed by atoms with Gasteiger partial charge in [0.25, 0.3) is 15.9 Å². The van der Waals surface area contributed by atoms with E-state index in [4.69, 9.17) is 0 Å². The molecule has 3 aromatic rings. The molecule has 5 nitrogen and oxygen atoms in total. The zero-order chi connectivity index (χ0) is 20.9. The van der Waals surface area contributed by atoms with Crippen molar-refractivity contribution in [1.29, 1.82) is 0 Å². The molecule has 0 aromatic heterocycles. The number of hydrogen-bond donors (Lipinski definition) is 2.